The number of carbonyl (C=O) groups excluding carboxylic acids is 1. The SMILES string of the molecule is C[C@@H]1CC(=O)c2c(Nc3ccc4ccccc4c3)nn(-c3ccccc3)c2C1. The molecule has 4 heteroatoms. The average Bonchev–Trinajstić information content (AvgIpc) is 3.07. The molecule has 0 fully saturated rings. The fourth-order valence-corrected chi connectivity index (χ4v) is 4.03. The van der Waals surface area contributed by atoms with E-state index in [1.807, 2.05) is 53.2 Å². The number of fused-ring (bicyclic) bond motifs is 2. The number of rotatable bonds is 3. The average molecular weight is 367 g/mol. The molecule has 1 N–H and O–H groups in total. The van der Waals surface area contributed by atoms with Gasteiger partial charge in [-0.3, -0.25) is 4.79 Å². The smallest absolute Gasteiger partial charge is 0.168 e. The predicted octanol–water partition coefficient (Wildman–Crippen LogP) is 5.53. The number of hydrogen-bond acceptors (Lipinski definition) is 3. The maximum atomic E-state index is 12.9. The zero-order valence-electron chi connectivity index (χ0n) is 15.7. The van der Waals surface area contributed by atoms with Crippen molar-refractivity contribution in [3.8, 4) is 5.69 Å². The van der Waals surface area contributed by atoms with Crippen LogP contribution in [0.1, 0.15) is 29.4 Å². The van der Waals surface area contributed by atoms with Gasteiger partial charge in [0.15, 0.2) is 11.6 Å². The van der Waals surface area contributed by atoms with Gasteiger partial charge in [0, 0.05) is 12.1 Å². The number of aromatic nitrogens is 2. The van der Waals surface area contributed by atoms with Crippen molar-refractivity contribution in [1.82, 2.24) is 9.78 Å². The third-order valence-electron chi connectivity index (χ3n) is 5.35. The Bertz CT molecular complexity index is 1180. The fourth-order valence-electron chi connectivity index (χ4n) is 4.03. The van der Waals surface area contributed by atoms with E-state index in [4.69, 9.17) is 5.10 Å². The number of carbonyl (C=O) groups is 1. The highest BCUT2D eigenvalue weighted by Gasteiger charge is 2.31. The summed E-state index contributed by atoms with van der Waals surface area (Å²) in [5, 5.41) is 10.6. The topological polar surface area (TPSA) is 46.9 Å². The van der Waals surface area contributed by atoms with Gasteiger partial charge < -0.3 is 5.32 Å². The highest BCUT2D eigenvalue weighted by atomic mass is 16.1. The molecule has 0 spiro atoms. The number of ketones is 1. The van der Waals surface area contributed by atoms with Gasteiger partial charge in [0.25, 0.3) is 0 Å². The number of nitrogens with one attached hydrogen (secondary N) is 1. The third-order valence-corrected chi connectivity index (χ3v) is 5.35. The molecule has 3 aromatic carbocycles. The number of Topliss-reactive ketones (excluding diaryl/α,β-unsaturated/α-hetero) is 1. The van der Waals surface area contributed by atoms with E-state index in [0.29, 0.717) is 18.2 Å². The molecule has 1 aliphatic carbocycles. The Morgan fingerprint density at radius 3 is 2.50 bits per heavy atom. The first-order valence-corrected chi connectivity index (χ1v) is 9.65. The van der Waals surface area contributed by atoms with Gasteiger partial charge in [-0.2, -0.15) is 0 Å². The summed E-state index contributed by atoms with van der Waals surface area (Å²) in [6.45, 7) is 2.12. The van der Waals surface area contributed by atoms with Gasteiger partial charge in [0.2, 0.25) is 0 Å². The van der Waals surface area contributed by atoms with Gasteiger partial charge >= 0.3 is 0 Å². The zero-order valence-corrected chi connectivity index (χ0v) is 15.7. The molecular weight excluding hydrogens is 346 g/mol. The first-order chi connectivity index (χ1) is 13.7. The van der Waals surface area contributed by atoms with Crippen molar-refractivity contribution in [2.24, 2.45) is 5.92 Å². The molecule has 4 aromatic rings. The van der Waals surface area contributed by atoms with E-state index < -0.39 is 0 Å². The Morgan fingerprint density at radius 1 is 0.929 bits per heavy atom. The lowest BCUT2D eigenvalue weighted by atomic mass is 9.87. The monoisotopic (exact) mass is 367 g/mol. The minimum absolute atomic E-state index is 0.166. The lowest BCUT2D eigenvalue weighted by molar-refractivity contribution is 0.0953. The molecular formula is C24H21N3O. The maximum Gasteiger partial charge on any atom is 0.168 e. The highest BCUT2D eigenvalue weighted by molar-refractivity contribution is 6.03. The molecule has 0 aliphatic heterocycles. The van der Waals surface area contributed by atoms with Gasteiger partial charge in [-0.05, 0) is 47.4 Å². The molecule has 0 saturated carbocycles. The van der Waals surface area contributed by atoms with Crippen LogP contribution in [-0.4, -0.2) is 15.6 Å². The molecule has 1 atom stereocenters. The van der Waals surface area contributed by atoms with Gasteiger partial charge in [0.1, 0.15) is 0 Å². The largest absolute Gasteiger partial charge is 0.338 e. The van der Waals surface area contributed by atoms with Crippen LogP contribution in [0.2, 0.25) is 0 Å². The summed E-state index contributed by atoms with van der Waals surface area (Å²) in [5.41, 5.74) is 3.64. The number of nitrogens with zero attached hydrogens (tertiary/aromatic N) is 2. The molecule has 5 rings (SSSR count). The Labute approximate surface area is 163 Å². The van der Waals surface area contributed by atoms with Gasteiger partial charge in [-0.15, -0.1) is 5.10 Å². The Balaban J connectivity index is 1.61. The van der Waals surface area contributed by atoms with Gasteiger partial charge in [0.05, 0.1) is 16.9 Å². The predicted molar refractivity (Wildman–Crippen MR) is 113 cm³/mol. The lowest BCUT2D eigenvalue weighted by Crippen LogP contribution is -2.19. The van der Waals surface area contributed by atoms with Crippen LogP contribution >= 0.6 is 0 Å². The number of anilines is 2. The standard InChI is InChI=1S/C24H21N3O/c1-16-13-21-23(22(28)14-16)24(26-27(21)20-9-3-2-4-10-20)25-19-12-11-17-7-5-6-8-18(17)15-19/h2-12,15-16H,13-14H2,1H3,(H,25,26)/t16-/m0/s1. The summed E-state index contributed by atoms with van der Waals surface area (Å²) in [6.07, 6.45) is 1.42. The van der Waals surface area contributed by atoms with Crippen LogP contribution in [-0.2, 0) is 6.42 Å². The van der Waals surface area contributed by atoms with Crippen molar-refractivity contribution in [3.05, 3.63) is 84.1 Å². The van der Waals surface area contributed by atoms with Crippen LogP contribution in [0.25, 0.3) is 16.5 Å². The van der Waals surface area contributed by atoms with Crippen molar-refractivity contribution in [2.75, 3.05) is 5.32 Å². The molecule has 1 aromatic heterocycles. The van der Waals surface area contributed by atoms with E-state index in [0.717, 1.165) is 34.4 Å². The molecule has 0 unspecified atom stereocenters. The van der Waals surface area contributed by atoms with Crippen LogP contribution in [0.5, 0.6) is 0 Å². The van der Waals surface area contributed by atoms with Crippen LogP contribution in [0, 0.1) is 5.92 Å². The minimum Gasteiger partial charge on any atom is -0.338 e. The second kappa shape index (κ2) is 6.64. The van der Waals surface area contributed by atoms with E-state index in [-0.39, 0.29) is 5.78 Å². The van der Waals surface area contributed by atoms with E-state index in [2.05, 4.69) is 36.5 Å². The second-order valence-corrected chi connectivity index (χ2v) is 7.54. The minimum atomic E-state index is 0.166. The Morgan fingerprint density at radius 2 is 1.68 bits per heavy atom. The van der Waals surface area contributed by atoms with Crippen LogP contribution in [0.4, 0.5) is 11.5 Å². The first-order valence-electron chi connectivity index (χ1n) is 9.65. The molecule has 1 heterocycles. The molecule has 4 nitrogen and oxygen atoms in total. The van der Waals surface area contributed by atoms with Crippen molar-refractivity contribution in [1.29, 1.82) is 0 Å². The van der Waals surface area contributed by atoms with Crippen molar-refractivity contribution in [2.45, 2.75) is 19.8 Å². The quantitative estimate of drug-likeness (QED) is 0.517. The number of benzene rings is 3. The third kappa shape index (κ3) is 2.87. The summed E-state index contributed by atoms with van der Waals surface area (Å²) >= 11 is 0. The second-order valence-electron chi connectivity index (χ2n) is 7.54. The summed E-state index contributed by atoms with van der Waals surface area (Å²) in [6, 6.07) is 24.5. The van der Waals surface area contributed by atoms with Crippen molar-refractivity contribution in [3.63, 3.8) is 0 Å². The number of para-hydroxylation sites is 1. The van der Waals surface area contributed by atoms with Gasteiger partial charge in [-0.25, -0.2) is 4.68 Å². The summed E-state index contributed by atoms with van der Waals surface area (Å²) < 4.78 is 1.92. The summed E-state index contributed by atoms with van der Waals surface area (Å²) in [4.78, 5) is 12.9. The van der Waals surface area contributed by atoms with E-state index in [9.17, 15) is 4.79 Å². The van der Waals surface area contributed by atoms with Crippen molar-refractivity contribution >= 4 is 28.1 Å². The fraction of sp³-hybridized carbons (Fsp3) is 0.167. The molecule has 0 bridgehead atoms. The Hall–Kier alpha value is -3.40. The molecule has 138 valence electrons. The van der Waals surface area contributed by atoms with Crippen LogP contribution in [0.15, 0.2) is 72.8 Å². The van der Waals surface area contributed by atoms with Gasteiger partial charge in [-0.1, -0.05) is 55.5 Å². The zero-order chi connectivity index (χ0) is 19.1. The van der Waals surface area contributed by atoms with E-state index in [1.54, 1.807) is 0 Å². The Kier molecular flexibility index (Phi) is 3.97. The highest BCUT2D eigenvalue weighted by Crippen LogP contribution is 2.34. The molecule has 1 aliphatic rings. The molecule has 0 amide bonds. The maximum absolute atomic E-state index is 12.9. The van der Waals surface area contributed by atoms with E-state index >= 15 is 0 Å². The molecule has 0 saturated heterocycles. The lowest BCUT2D eigenvalue weighted by Gasteiger charge is -2.19. The first kappa shape index (κ1) is 16.8. The van der Waals surface area contributed by atoms with Crippen LogP contribution in [0.3, 0.4) is 0 Å². The normalized spacial score (nSPS) is 16.2. The van der Waals surface area contributed by atoms with Crippen LogP contribution < -0.4 is 5.32 Å². The summed E-state index contributed by atoms with van der Waals surface area (Å²) in [7, 11) is 0. The molecule has 28 heavy (non-hydrogen) atoms. The number of hydrogen-bond donors (Lipinski definition) is 1. The van der Waals surface area contributed by atoms with Crippen molar-refractivity contribution < 1.29 is 4.79 Å². The molecule has 0 radical (unpaired) electrons. The van der Waals surface area contributed by atoms with E-state index in [1.165, 1.54) is 5.39 Å². The summed E-state index contributed by atoms with van der Waals surface area (Å²) in [5.74, 6) is 1.14.